The fourth-order valence-electron chi connectivity index (χ4n) is 2.00. The number of alkyl halides is 3. The number of hydrogen-bond acceptors (Lipinski definition) is 4. The van der Waals surface area contributed by atoms with Crippen LogP contribution in [0.15, 0.2) is 36.5 Å². The first-order valence-electron chi connectivity index (χ1n) is 6.30. The van der Waals surface area contributed by atoms with Crippen molar-refractivity contribution in [1.29, 1.82) is 0 Å². The lowest BCUT2D eigenvalue weighted by molar-refractivity contribution is -0.137. The molecule has 0 saturated carbocycles. The lowest BCUT2D eigenvalue weighted by Crippen LogP contribution is -2.08. The molecule has 3 aromatic rings. The van der Waals surface area contributed by atoms with Gasteiger partial charge in [0.2, 0.25) is 5.82 Å². The van der Waals surface area contributed by atoms with Crippen LogP contribution < -0.4 is 0 Å². The number of halogens is 4. The van der Waals surface area contributed by atoms with Gasteiger partial charge in [0.25, 0.3) is 0 Å². The summed E-state index contributed by atoms with van der Waals surface area (Å²) in [5, 5.41) is 15.7. The molecule has 0 atom stereocenters. The molecular weight excluding hydrogens is 316 g/mol. The van der Waals surface area contributed by atoms with Crippen LogP contribution in [-0.2, 0) is 6.18 Å². The molecule has 0 fully saturated rings. The predicted molar refractivity (Wildman–Crippen MR) is 71.7 cm³/mol. The van der Waals surface area contributed by atoms with E-state index in [0.29, 0.717) is 0 Å². The SMILES string of the molecule is Oc1ccc(F)cc1-c1nc(-c2ncccc2C(F)(F)F)n[nH]1. The van der Waals surface area contributed by atoms with Crippen molar-refractivity contribution in [2.75, 3.05) is 0 Å². The lowest BCUT2D eigenvalue weighted by atomic mass is 10.1. The summed E-state index contributed by atoms with van der Waals surface area (Å²) in [6, 6.07) is 5.14. The van der Waals surface area contributed by atoms with Gasteiger partial charge in [0.05, 0.1) is 11.1 Å². The molecule has 0 amide bonds. The van der Waals surface area contributed by atoms with E-state index in [4.69, 9.17) is 0 Å². The second-order valence-corrected chi connectivity index (χ2v) is 4.57. The minimum absolute atomic E-state index is 0.0201. The van der Waals surface area contributed by atoms with Gasteiger partial charge in [-0.3, -0.25) is 10.1 Å². The van der Waals surface area contributed by atoms with Gasteiger partial charge in [-0.15, -0.1) is 0 Å². The molecule has 118 valence electrons. The number of phenolic OH excluding ortho intramolecular Hbond substituents is 1. The number of pyridine rings is 1. The minimum Gasteiger partial charge on any atom is -0.507 e. The van der Waals surface area contributed by atoms with Crippen molar-refractivity contribution in [1.82, 2.24) is 20.2 Å². The molecule has 0 aliphatic rings. The Hall–Kier alpha value is -2.97. The summed E-state index contributed by atoms with van der Waals surface area (Å²) >= 11 is 0. The molecule has 0 bridgehead atoms. The van der Waals surface area contributed by atoms with Crippen molar-refractivity contribution in [3.05, 3.63) is 47.9 Å². The maximum absolute atomic E-state index is 13.2. The highest BCUT2D eigenvalue weighted by atomic mass is 19.4. The minimum atomic E-state index is -4.62. The quantitative estimate of drug-likeness (QED) is 0.709. The zero-order chi connectivity index (χ0) is 16.6. The molecule has 5 nitrogen and oxygen atoms in total. The van der Waals surface area contributed by atoms with Crippen LogP contribution in [0.4, 0.5) is 17.6 Å². The number of benzene rings is 1. The molecule has 0 spiro atoms. The van der Waals surface area contributed by atoms with Crippen LogP contribution in [-0.4, -0.2) is 25.3 Å². The number of aromatic hydroxyl groups is 1. The topological polar surface area (TPSA) is 74.7 Å². The Balaban J connectivity index is 2.09. The number of H-pyrrole nitrogens is 1. The summed E-state index contributed by atoms with van der Waals surface area (Å²) in [5.41, 5.74) is -1.47. The van der Waals surface area contributed by atoms with Crippen LogP contribution in [0, 0.1) is 5.82 Å². The van der Waals surface area contributed by atoms with Crippen molar-refractivity contribution >= 4 is 0 Å². The van der Waals surface area contributed by atoms with Gasteiger partial charge in [0, 0.05) is 6.20 Å². The Kier molecular flexibility index (Phi) is 3.47. The zero-order valence-corrected chi connectivity index (χ0v) is 11.3. The molecule has 0 saturated heterocycles. The largest absolute Gasteiger partial charge is 0.507 e. The van der Waals surface area contributed by atoms with E-state index in [0.717, 1.165) is 30.3 Å². The van der Waals surface area contributed by atoms with Crippen LogP contribution in [0.1, 0.15) is 5.56 Å². The first-order valence-corrected chi connectivity index (χ1v) is 6.30. The van der Waals surface area contributed by atoms with Gasteiger partial charge >= 0.3 is 6.18 Å². The Morgan fingerprint density at radius 3 is 2.65 bits per heavy atom. The molecule has 0 unspecified atom stereocenters. The third-order valence-corrected chi connectivity index (χ3v) is 3.02. The molecule has 3 rings (SSSR count). The Morgan fingerprint density at radius 2 is 1.91 bits per heavy atom. The number of hydrogen-bond donors (Lipinski definition) is 2. The number of aromatic nitrogens is 4. The van der Waals surface area contributed by atoms with Gasteiger partial charge in [-0.05, 0) is 30.3 Å². The van der Waals surface area contributed by atoms with Gasteiger partial charge in [-0.25, -0.2) is 9.37 Å². The highest BCUT2D eigenvalue weighted by Crippen LogP contribution is 2.35. The van der Waals surface area contributed by atoms with E-state index in [1.165, 1.54) is 6.20 Å². The highest BCUT2D eigenvalue weighted by molar-refractivity contribution is 5.66. The number of aromatic amines is 1. The number of nitrogens with one attached hydrogen (secondary N) is 1. The van der Waals surface area contributed by atoms with E-state index < -0.39 is 23.3 Å². The Labute approximate surface area is 126 Å². The molecule has 0 aliphatic heterocycles. The highest BCUT2D eigenvalue weighted by Gasteiger charge is 2.35. The van der Waals surface area contributed by atoms with Crippen LogP contribution in [0.2, 0.25) is 0 Å². The van der Waals surface area contributed by atoms with Gasteiger partial charge < -0.3 is 5.11 Å². The smallest absolute Gasteiger partial charge is 0.418 e. The van der Waals surface area contributed by atoms with Crippen LogP contribution in [0.5, 0.6) is 5.75 Å². The summed E-state index contributed by atoms with van der Waals surface area (Å²) in [5.74, 6) is -1.30. The third-order valence-electron chi connectivity index (χ3n) is 3.02. The van der Waals surface area contributed by atoms with Crippen molar-refractivity contribution in [3.63, 3.8) is 0 Å². The van der Waals surface area contributed by atoms with E-state index in [2.05, 4.69) is 20.2 Å². The van der Waals surface area contributed by atoms with E-state index in [1.54, 1.807) is 0 Å². The fraction of sp³-hybridized carbons (Fsp3) is 0.0714. The molecule has 23 heavy (non-hydrogen) atoms. The summed E-state index contributed by atoms with van der Waals surface area (Å²) in [7, 11) is 0. The summed E-state index contributed by atoms with van der Waals surface area (Å²) in [6.07, 6.45) is -3.44. The molecule has 2 aromatic heterocycles. The average Bonchev–Trinajstić information content (AvgIpc) is 2.98. The zero-order valence-electron chi connectivity index (χ0n) is 11.3. The van der Waals surface area contributed by atoms with Crippen molar-refractivity contribution < 1.29 is 22.7 Å². The Morgan fingerprint density at radius 1 is 1.13 bits per heavy atom. The second kappa shape index (κ2) is 5.34. The average molecular weight is 324 g/mol. The van der Waals surface area contributed by atoms with E-state index in [-0.39, 0.29) is 23.0 Å². The normalized spacial score (nSPS) is 11.7. The second-order valence-electron chi connectivity index (χ2n) is 4.57. The summed E-state index contributed by atoms with van der Waals surface area (Å²) in [4.78, 5) is 7.53. The summed E-state index contributed by atoms with van der Waals surface area (Å²) in [6.45, 7) is 0. The Bertz CT molecular complexity index is 860. The van der Waals surface area contributed by atoms with E-state index in [1.807, 2.05) is 0 Å². The monoisotopic (exact) mass is 324 g/mol. The number of phenols is 1. The number of nitrogens with zero attached hydrogens (tertiary/aromatic N) is 3. The molecule has 2 N–H and O–H groups in total. The molecule has 1 aromatic carbocycles. The van der Waals surface area contributed by atoms with Gasteiger partial charge in [-0.1, -0.05) is 0 Å². The van der Waals surface area contributed by atoms with Crippen LogP contribution in [0.25, 0.3) is 22.9 Å². The molecule has 0 aliphatic carbocycles. The van der Waals surface area contributed by atoms with Crippen molar-refractivity contribution in [3.8, 4) is 28.7 Å². The molecule has 2 heterocycles. The molecule has 9 heteroatoms. The first kappa shape index (κ1) is 14.9. The number of rotatable bonds is 2. The lowest BCUT2D eigenvalue weighted by Gasteiger charge is -2.08. The first-order chi connectivity index (χ1) is 10.9. The predicted octanol–water partition coefficient (Wildman–Crippen LogP) is 3.40. The van der Waals surface area contributed by atoms with E-state index in [9.17, 15) is 22.7 Å². The summed E-state index contributed by atoms with van der Waals surface area (Å²) < 4.78 is 52.2. The maximum atomic E-state index is 13.2. The molecule has 0 radical (unpaired) electrons. The van der Waals surface area contributed by atoms with Gasteiger partial charge in [0.15, 0.2) is 5.82 Å². The van der Waals surface area contributed by atoms with Crippen LogP contribution >= 0.6 is 0 Å². The maximum Gasteiger partial charge on any atom is 0.418 e. The van der Waals surface area contributed by atoms with E-state index >= 15 is 0 Å². The standard InChI is InChI=1S/C14H8F4N4O/c15-7-3-4-10(23)8(6-7)12-20-13(22-21-12)11-9(14(16,17)18)2-1-5-19-11/h1-6,23H,(H,20,21,22). The fourth-order valence-corrected chi connectivity index (χ4v) is 2.00. The third kappa shape index (κ3) is 2.85. The molecular formula is C14H8F4N4O. The van der Waals surface area contributed by atoms with Crippen molar-refractivity contribution in [2.24, 2.45) is 0 Å². The van der Waals surface area contributed by atoms with Crippen LogP contribution in [0.3, 0.4) is 0 Å². The van der Waals surface area contributed by atoms with Gasteiger partial charge in [-0.2, -0.15) is 18.3 Å². The van der Waals surface area contributed by atoms with Gasteiger partial charge in [0.1, 0.15) is 17.3 Å². The van der Waals surface area contributed by atoms with Crippen molar-refractivity contribution in [2.45, 2.75) is 6.18 Å².